The number of rotatable bonds is 5. The third-order valence-electron chi connectivity index (χ3n) is 2.64. The summed E-state index contributed by atoms with van der Waals surface area (Å²) in [5.41, 5.74) is 0.833. The van der Waals surface area contributed by atoms with E-state index in [-0.39, 0.29) is 11.5 Å². The smallest absolute Gasteiger partial charge is 0.346 e. The number of hydrogen-bond donors (Lipinski definition) is 1. The molecule has 0 fully saturated rings. The number of benzene rings is 1. The number of nitrogens with zero attached hydrogens (tertiary/aromatic N) is 2. The van der Waals surface area contributed by atoms with E-state index in [1.807, 2.05) is 30.3 Å². The van der Waals surface area contributed by atoms with Gasteiger partial charge < -0.3 is 14.4 Å². The molecule has 0 aliphatic rings. The molecule has 0 unspecified atom stereocenters. The standard InChI is InChI=1S/C14H10N2O4S/c17-14(18)11-6-10(8-21-11)19-7-12-15-13(20-16-12)9-4-2-1-3-5-9/h1-6,8H,7H2,(H,17,18). The largest absolute Gasteiger partial charge is 0.485 e. The molecule has 0 aliphatic carbocycles. The van der Waals surface area contributed by atoms with Crippen molar-refractivity contribution in [2.75, 3.05) is 0 Å². The molecule has 0 saturated carbocycles. The van der Waals surface area contributed by atoms with Crippen LogP contribution in [0, 0.1) is 0 Å². The predicted molar refractivity (Wildman–Crippen MR) is 75.3 cm³/mol. The molecule has 1 N–H and O–H groups in total. The molecule has 3 aromatic rings. The highest BCUT2D eigenvalue weighted by molar-refractivity contribution is 7.12. The lowest BCUT2D eigenvalue weighted by Crippen LogP contribution is -1.97. The van der Waals surface area contributed by atoms with Crippen LogP contribution in [-0.2, 0) is 6.61 Å². The summed E-state index contributed by atoms with van der Waals surface area (Å²) in [5, 5.41) is 14.3. The summed E-state index contributed by atoms with van der Waals surface area (Å²) < 4.78 is 10.6. The van der Waals surface area contributed by atoms with Gasteiger partial charge in [0.15, 0.2) is 6.61 Å². The minimum Gasteiger partial charge on any atom is -0.485 e. The number of aromatic carboxylic acids is 1. The van der Waals surface area contributed by atoms with Crippen LogP contribution >= 0.6 is 11.3 Å². The molecule has 1 aromatic carbocycles. The topological polar surface area (TPSA) is 85.5 Å². The average Bonchev–Trinajstić information content (AvgIpc) is 3.15. The van der Waals surface area contributed by atoms with Crippen LogP contribution in [0.1, 0.15) is 15.5 Å². The second-order valence-electron chi connectivity index (χ2n) is 4.12. The maximum atomic E-state index is 10.8. The van der Waals surface area contributed by atoms with Gasteiger partial charge in [-0.25, -0.2) is 4.79 Å². The van der Waals surface area contributed by atoms with Crippen molar-refractivity contribution in [2.45, 2.75) is 6.61 Å². The van der Waals surface area contributed by atoms with E-state index in [2.05, 4.69) is 10.1 Å². The highest BCUT2D eigenvalue weighted by Gasteiger charge is 2.11. The van der Waals surface area contributed by atoms with Crippen molar-refractivity contribution < 1.29 is 19.2 Å². The quantitative estimate of drug-likeness (QED) is 0.779. The van der Waals surface area contributed by atoms with E-state index < -0.39 is 5.97 Å². The molecule has 6 nitrogen and oxygen atoms in total. The van der Waals surface area contributed by atoms with E-state index in [4.69, 9.17) is 14.4 Å². The Bertz CT molecular complexity index is 751. The fourth-order valence-corrected chi connectivity index (χ4v) is 2.33. The molecule has 21 heavy (non-hydrogen) atoms. The lowest BCUT2D eigenvalue weighted by molar-refractivity contribution is 0.0702. The van der Waals surface area contributed by atoms with E-state index in [0.29, 0.717) is 17.5 Å². The van der Waals surface area contributed by atoms with E-state index in [1.54, 1.807) is 5.38 Å². The second kappa shape index (κ2) is 5.76. The van der Waals surface area contributed by atoms with Crippen LogP contribution in [0.2, 0.25) is 0 Å². The normalized spacial score (nSPS) is 10.5. The van der Waals surface area contributed by atoms with Gasteiger partial charge in [0.05, 0.1) is 0 Å². The molecule has 0 radical (unpaired) electrons. The first-order chi connectivity index (χ1) is 10.2. The lowest BCUT2D eigenvalue weighted by Gasteiger charge is -1.97. The van der Waals surface area contributed by atoms with Crippen LogP contribution in [0.3, 0.4) is 0 Å². The number of hydrogen-bond acceptors (Lipinski definition) is 6. The van der Waals surface area contributed by atoms with Crippen molar-refractivity contribution in [1.29, 1.82) is 0 Å². The Morgan fingerprint density at radius 3 is 2.86 bits per heavy atom. The van der Waals surface area contributed by atoms with Crippen molar-refractivity contribution in [1.82, 2.24) is 10.1 Å². The van der Waals surface area contributed by atoms with Crippen molar-refractivity contribution in [3.05, 3.63) is 52.5 Å². The molecule has 0 saturated heterocycles. The van der Waals surface area contributed by atoms with Gasteiger partial charge in [-0.1, -0.05) is 23.4 Å². The van der Waals surface area contributed by atoms with Gasteiger partial charge in [-0.3, -0.25) is 0 Å². The van der Waals surface area contributed by atoms with E-state index in [9.17, 15) is 4.79 Å². The maximum Gasteiger partial charge on any atom is 0.346 e. The molecular formula is C14H10N2O4S. The number of thiophene rings is 1. The fraction of sp³-hybridized carbons (Fsp3) is 0.0714. The summed E-state index contributed by atoms with van der Waals surface area (Å²) in [6.07, 6.45) is 0. The highest BCUT2D eigenvalue weighted by Crippen LogP contribution is 2.22. The number of ether oxygens (including phenoxy) is 1. The highest BCUT2D eigenvalue weighted by atomic mass is 32.1. The molecular weight excluding hydrogens is 292 g/mol. The summed E-state index contributed by atoms with van der Waals surface area (Å²) in [6.45, 7) is 0.117. The fourth-order valence-electron chi connectivity index (χ4n) is 1.67. The van der Waals surface area contributed by atoms with Crippen molar-refractivity contribution in [3.63, 3.8) is 0 Å². The zero-order valence-corrected chi connectivity index (χ0v) is 11.5. The Morgan fingerprint density at radius 1 is 1.33 bits per heavy atom. The lowest BCUT2D eigenvalue weighted by atomic mass is 10.2. The first kappa shape index (κ1) is 13.3. The molecule has 0 amide bonds. The molecule has 0 aliphatic heterocycles. The Labute approximate surface area is 123 Å². The summed E-state index contributed by atoms with van der Waals surface area (Å²) in [7, 11) is 0. The van der Waals surface area contributed by atoms with Gasteiger partial charge in [0.1, 0.15) is 10.6 Å². The van der Waals surface area contributed by atoms with Crippen molar-refractivity contribution >= 4 is 17.3 Å². The zero-order chi connectivity index (χ0) is 14.7. The molecule has 2 heterocycles. The van der Waals surface area contributed by atoms with Gasteiger partial charge in [0.25, 0.3) is 5.89 Å². The minimum atomic E-state index is -0.972. The summed E-state index contributed by atoms with van der Waals surface area (Å²) in [6, 6.07) is 10.9. The Morgan fingerprint density at radius 2 is 2.14 bits per heavy atom. The molecule has 0 spiro atoms. The molecule has 106 valence electrons. The molecule has 0 bridgehead atoms. The monoisotopic (exact) mass is 302 g/mol. The molecule has 3 rings (SSSR count). The SMILES string of the molecule is O=C(O)c1cc(OCc2noc(-c3ccccc3)n2)cs1. The number of aromatic nitrogens is 2. The Balaban J connectivity index is 1.66. The third-order valence-corrected chi connectivity index (χ3v) is 3.54. The van der Waals surface area contributed by atoms with E-state index in [1.165, 1.54) is 6.07 Å². The summed E-state index contributed by atoms with van der Waals surface area (Å²) >= 11 is 1.11. The van der Waals surface area contributed by atoms with E-state index >= 15 is 0 Å². The van der Waals surface area contributed by atoms with Gasteiger partial charge in [0, 0.05) is 17.0 Å². The number of carbonyl (C=O) groups is 1. The second-order valence-corrected chi connectivity index (χ2v) is 5.03. The summed E-state index contributed by atoms with van der Waals surface area (Å²) in [5.74, 6) is 0.326. The van der Waals surface area contributed by atoms with Gasteiger partial charge in [0.2, 0.25) is 5.82 Å². The van der Waals surface area contributed by atoms with Gasteiger partial charge in [-0.15, -0.1) is 11.3 Å². The van der Waals surface area contributed by atoms with Crippen LogP contribution < -0.4 is 4.74 Å². The van der Waals surface area contributed by atoms with Crippen molar-refractivity contribution in [2.24, 2.45) is 0 Å². The first-order valence-corrected chi connectivity index (χ1v) is 6.93. The molecule has 0 atom stereocenters. The van der Waals surface area contributed by atoms with Crippen LogP contribution in [0.5, 0.6) is 5.75 Å². The summed E-state index contributed by atoms with van der Waals surface area (Å²) in [4.78, 5) is 15.2. The maximum absolute atomic E-state index is 10.8. The first-order valence-electron chi connectivity index (χ1n) is 6.05. The van der Waals surface area contributed by atoms with Gasteiger partial charge in [-0.2, -0.15) is 4.98 Å². The van der Waals surface area contributed by atoms with Gasteiger partial charge in [-0.05, 0) is 12.1 Å². The Hall–Kier alpha value is -2.67. The average molecular weight is 302 g/mol. The van der Waals surface area contributed by atoms with Crippen LogP contribution in [0.4, 0.5) is 0 Å². The number of carboxylic acids is 1. The van der Waals surface area contributed by atoms with Gasteiger partial charge >= 0.3 is 5.97 Å². The molecule has 2 aromatic heterocycles. The zero-order valence-electron chi connectivity index (χ0n) is 10.7. The predicted octanol–water partition coefficient (Wildman–Crippen LogP) is 3.08. The third kappa shape index (κ3) is 3.09. The van der Waals surface area contributed by atoms with Crippen LogP contribution in [0.15, 0.2) is 46.3 Å². The van der Waals surface area contributed by atoms with Crippen LogP contribution in [0.25, 0.3) is 11.5 Å². The van der Waals surface area contributed by atoms with Crippen molar-refractivity contribution in [3.8, 4) is 17.2 Å². The molecule has 7 heteroatoms. The minimum absolute atomic E-state index is 0.117. The Kier molecular flexibility index (Phi) is 3.65. The number of carboxylic acid groups (broad SMARTS) is 1. The van der Waals surface area contributed by atoms with E-state index in [0.717, 1.165) is 16.9 Å². The van der Waals surface area contributed by atoms with Crippen LogP contribution in [-0.4, -0.2) is 21.2 Å².